The SMILES string of the molecule is CCCNC(=NC)NCc1ccnc(OC)c1. The maximum atomic E-state index is 5.07. The summed E-state index contributed by atoms with van der Waals surface area (Å²) in [4.78, 5) is 8.19. The Kier molecular flexibility index (Phi) is 5.85. The van der Waals surface area contributed by atoms with Gasteiger partial charge in [0.25, 0.3) is 0 Å². The lowest BCUT2D eigenvalue weighted by Crippen LogP contribution is -2.37. The van der Waals surface area contributed by atoms with E-state index in [-0.39, 0.29) is 0 Å². The number of rotatable bonds is 5. The molecule has 5 nitrogen and oxygen atoms in total. The van der Waals surface area contributed by atoms with Crippen LogP contribution in [-0.4, -0.2) is 31.6 Å². The largest absolute Gasteiger partial charge is 0.481 e. The summed E-state index contributed by atoms with van der Waals surface area (Å²) in [5.41, 5.74) is 1.11. The van der Waals surface area contributed by atoms with Crippen molar-refractivity contribution in [2.45, 2.75) is 19.9 Å². The van der Waals surface area contributed by atoms with Crippen molar-refractivity contribution in [1.82, 2.24) is 15.6 Å². The van der Waals surface area contributed by atoms with Crippen molar-refractivity contribution in [2.75, 3.05) is 20.7 Å². The fraction of sp³-hybridized carbons (Fsp3) is 0.500. The summed E-state index contributed by atoms with van der Waals surface area (Å²) in [5.74, 6) is 1.43. The van der Waals surface area contributed by atoms with Crippen LogP contribution < -0.4 is 15.4 Å². The van der Waals surface area contributed by atoms with E-state index in [1.165, 1.54) is 0 Å². The number of methoxy groups -OCH3 is 1. The van der Waals surface area contributed by atoms with Crippen molar-refractivity contribution >= 4 is 5.96 Å². The molecule has 1 rings (SSSR count). The molecule has 0 aromatic carbocycles. The van der Waals surface area contributed by atoms with Gasteiger partial charge in [-0.05, 0) is 18.1 Å². The van der Waals surface area contributed by atoms with Gasteiger partial charge in [-0.25, -0.2) is 4.98 Å². The summed E-state index contributed by atoms with van der Waals surface area (Å²) in [6.45, 7) is 3.73. The molecule has 1 aromatic heterocycles. The second kappa shape index (κ2) is 7.49. The average Bonchev–Trinajstić information content (AvgIpc) is 2.39. The minimum atomic E-state index is 0.626. The van der Waals surface area contributed by atoms with Crippen LogP contribution >= 0.6 is 0 Å². The van der Waals surface area contributed by atoms with E-state index in [1.54, 1.807) is 20.4 Å². The number of hydrogen-bond acceptors (Lipinski definition) is 3. The van der Waals surface area contributed by atoms with Gasteiger partial charge >= 0.3 is 0 Å². The van der Waals surface area contributed by atoms with Gasteiger partial charge in [0.15, 0.2) is 5.96 Å². The van der Waals surface area contributed by atoms with E-state index in [0.29, 0.717) is 12.4 Å². The van der Waals surface area contributed by atoms with Crippen molar-refractivity contribution in [2.24, 2.45) is 4.99 Å². The smallest absolute Gasteiger partial charge is 0.213 e. The number of pyridine rings is 1. The first-order valence-electron chi connectivity index (χ1n) is 5.73. The zero-order valence-electron chi connectivity index (χ0n) is 10.7. The highest BCUT2D eigenvalue weighted by molar-refractivity contribution is 5.79. The predicted molar refractivity (Wildman–Crippen MR) is 69.3 cm³/mol. The molecule has 1 heterocycles. The Morgan fingerprint density at radius 3 is 2.94 bits per heavy atom. The van der Waals surface area contributed by atoms with Crippen LogP contribution in [0.3, 0.4) is 0 Å². The molecule has 0 spiro atoms. The average molecular weight is 236 g/mol. The molecule has 0 unspecified atom stereocenters. The van der Waals surface area contributed by atoms with Crippen LogP contribution in [0.4, 0.5) is 0 Å². The summed E-state index contributed by atoms with van der Waals surface area (Å²) in [6, 6.07) is 3.85. The van der Waals surface area contributed by atoms with Crippen LogP contribution in [0.25, 0.3) is 0 Å². The molecule has 0 aliphatic heterocycles. The fourth-order valence-electron chi connectivity index (χ4n) is 1.32. The van der Waals surface area contributed by atoms with E-state index < -0.39 is 0 Å². The Labute approximate surface area is 102 Å². The third-order valence-corrected chi connectivity index (χ3v) is 2.23. The van der Waals surface area contributed by atoms with Crippen LogP contribution in [0.5, 0.6) is 5.88 Å². The molecular weight excluding hydrogens is 216 g/mol. The Hall–Kier alpha value is -1.78. The van der Waals surface area contributed by atoms with Crippen LogP contribution in [-0.2, 0) is 6.54 Å². The first-order chi connectivity index (χ1) is 8.30. The number of nitrogens with zero attached hydrogens (tertiary/aromatic N) is 2. The normalized spacial score (nSPS) is 11.1. The summed E-state index contributed by atoms with van der Waals surface area (Å²) < 4.78 is 5.07. The molecule has 0 fully saturated rings. The second-order valence-corrected chi connectivity index (χ2v) is 3.56. The maximum Gasteiger partial charge on any atom is 0.213 e. The van der Waals surface area contributed by atoms with Gasteiger partial charge in [0.2, 0.25) is 5.88 Å². The molecule has 1 aromatic rings. The van der Waals surface area contributed by atoms with Crippen molar-refractivity contribution in [3.8, 4) is 5.88 Å². The zero-order valence-corrected chi connectivity index (χ0v) is 10.7. The number of ether oxygens (including phenoxy) is 1. The first-order valence-corrected chi connectivity index (χ1v) is 5.73. The van der Waals surface area contributed by atoms with E-state index in [9.17, 15) is 0 Å². The standard InChI is InChI=1S/C12H20N4O/c1-4-6-15-12(13-2)16-9-10-5-7-14-11(8-10)17-3/h5,7-8H,4,6,9H2,1-3H3,(H2,13,15,16). The van der Waals surface area contributed by atoms with Gasteiger partial charge in [-0.3, -0.25) is 4.99 Å². The highest BCUT2D eigenvalue weighted by Crippen LogP contribution is 2.07. The highest BCUT2D eigenvalue weighted by atomic mass is 16.5. The molecule has 94 valence electrons. The quantitative estimate of drug-likeness (QED) is 0.595. The van der Waals surface area contributed by atoms with Crippen LogP contribution in [0, 0.1) is 0 Å². The predicted octanol–water partition coefficient (Wildman–Crippen LogP) is 1.17. The molecule has 0 aliphatic rings. The van der Waals surface area contributed by atoms with E-state index in [4.69, 9.17) is 4.74 Å². The third kappa shape index (κ3) is 4.72. The second-order valence-electron chi connectivity index (χ2n) is 3.56. The van der Waals surface area contributed by atoms with Crippen LogP contribution in [0.15, 0.2) is 23.3 Å². The third-order valence-electron chi connectivity index (χ3n) is 2.23. The number of guanidine groups is 1. The van der Waals surface area contributed by atoms with Gasteiger partial charge < -0.3 is 15.4 Å². The van der Waals surface area contributed by atoms with Crippen LogP contribution in [0.2, 0.25) is 0 Å². The summed E-state index contributed by atoms with van der Waals surface area (Å²) in [7, 11) is 3.37. The van der Waals surface area contributed by atoms with Gasteiger partial charge in [0, 0.05) is 32.4 Å². The van der Waals surface area contributed by atoms with Crippen molar-refractivity contribution < 1.29 is 4.74 Å². The van der Waals surface area contributed by atoms with Gasteiger partial charge in [-0.2, -0.15) is 0 Å². The van der Waals surface area contributed by atoms with E-state index in [2.05, 4.69) is 27.5 Å². The minimum absolute atomic E-state index is 0.626. The topological polar surface area (TPSA) is 58.5 Å². The number of hydrogen-bond donors (Lipinski definition) is 2. The summed E-state index contributed by atoms with van der Waals surface area (Å²) >= 11 is 0. The Morgan fingerprint density at radius 1 is 1.47 bits per heavy atom. The molecule has 5 heteroatoms. The highest BCUT2D eigenvalue weighted by Gasteiger charge is 1.99. The molecule has 17 heavy (non-hydrogen) atoms. The zero-order chi connectivity index (χ0) is 12.5. The molecule has 0 atom stereocenters. The van der Waals surface area contributed by atoms with Gasteiger partial charge in [0.1, 0.15) is 0 Å². The van der Waals surface area contributed by atoms with E-state index in [1.807, 2.05) is 12.1 Å². The summed E-state index contributed by atoms with van der Waals surface area (Å²) in [5, 5.41) is 6.44. The van der Waals surface area contributed by atoms with E-state index >= 15 is 0 Å². The Morgan fingerprint density at radius 2 is 2.29 bits per heavy atom. The minimum Gasteiger partial charge on any atom is -0.481 e. The maximum absolute atomic E-state index is 5.07. The van der Waals surface area contributed by atoms with Crippen molar-refractivity contribution in [3.63, 3.8) is 0 Å². The lowest BCUT2D eigenvalue weighted by molar-refractivity contribution is 0.397. The number of nitrogens with one attached hydrogen (secondary N) is 2. The molecule has 2 N–H and O–H groups in total. The van der Waals surface area contributed by atoms with Crippen molar-refractivity contribution in [3.05, 3.63) is 23.9 Å². The Balaban J connectivity index is 2.48. The molecule has 0 aliphatic carbocycles. The summed E-state index contributed by atoms with van der Waals surface area (Å²) in [6.07, 6.45) is 2.81. The van der Waals surface area contributed by atoms with Gasteiger partial charge in [-0.1, -0.05) is 6.92 Å². The molecule has 0 radical (unpaired) electrons. The molecule has 0 saturated heterocycles. The van der Waals surface area contributed by atoms with Gasteiger partial charge in [-0.15, -0.1) is 0 Å². The molecule has 0 bridgehead atoms. The lowest BCUT2D eigenvalue weighted by atomic mass is 10.2. The van der Waals surface area contributed by atoms with E-state index in [0.717, 1.165) is 24.5 Å². The fourth-order valence-corrected chi connectivity index (χ4v) is 1.32. The molecule has 0 amide bonds. The monoisotopic (exact) mass is 236 g/mol. The number of aromatic nitrogens is 1. The number of aliphatic imine (C=N–C) groups is 1. The molecule has 0 saturated carbocycles. The first kappa shape index (κ1) is 13.3. The molecular formula is C12H20N4O. The Bertz CT molecular complexity index is 365. The van der Waals surface area contributed by atoms with Crippen molar-refractivity contribution in [1.29, 1.82) is 0 Å². The van der Waals surface area contributed by atoms with Crippen LogP contribution in [0.1, 0.15) is 18.9 Å². The lowest BCUT2D eigenvalue weighted by Gasteiger charge is -2.11. The van der Waals surface area contributed by atoms with Gasteiger partial charge in [0.05, 0.1) is 7.11 Å².